The Kier molecular flexibility index (Phi) is 10.3. The molecule has 0 fully saturated rings. The molecule has 57 heavy (non-hydrogen) atoms. The van der Waals surface area contributed by atoms with Gasteiger partial charge < -0.3 is 9.47 Å². The van der Waals surface area contributed by atoms with E-state index in [9.17, 15) is 0 Å². The summed E-state index contributed by atoms with van der Waals surface area (Å²) in [7, 11) is 0. The summed E-state index contributed by atoms with van der Waals surface area (Å²) in [5, 5.41) is 2.08. The van der Waals surface area contributed by atoms with Crippen LogP contribution in [0.1, 0.15) is 101 Å². The Hall–Kier alpha value is -6.41. The van der Waals surface area contributed by atoms with Gasteiger partial charge in [-0.1, -0.05) is 79.7 Å². The molecule has 4 heterocycles. The Morgan fingerprint density at radius 1 is 0.456 bits per heavy atom. The Morgan fingerprint density at radius 3 is 1.33 bits per heavy atom. The molecule has 0 saturated carbocycles. The van der Waals surface area contributed by atoms with Crippen LogP contribution in [0.25, 0.3) is 50.3 Å². The molecule has 286 valence electrons. The van der Waals surface area contributed by atoms with Crippen LogP contribution < -0.4 is 9.47 Å². The van der Waals surface area contributed by atoms with E-state index in [4.69, 9.17) is 19.4 Å². The van der Waals surface area contributed by atoms with Gasteiger partial charge in [-0.15, -0.1) is 0 Å². The third-order valence-corrected chi connectivity index (χ3v) is 10.6. The molecule has 0 N–H and O–H groups in total. The van der Waals surface area contributed by atoms with E-state index < -0.39 is 0 Å². The minimum absolute atomic E-state index is 0.251. The van der Waals surface area contributed by atoms with Gasteiger partial charge in [-0.3, -0.25) is 14.5 Å². The zero-order valence-corrected chi connectivity index (χ0v) is 33.9. The average molecular weight is 753 g/mol. The number of nitrogens with zero attached hydrogens (tertiary/aromatic N) is 6. The van der Waals surface area contributed by atoms with Crippen molar-refractivity contribution < 1.29 is 9.47 Å². The first-order chi connectivity index (χ1) is 27.5. The van der Waals surface area contributed by atoms with Crippen LogP contribution in [0.15, 0.2) is 122 Å². The molecule has 0 radical (unpaired) electrons. The fraction of sp³-hybridized carbons (Fsp3) is 0.245. The summed E-state index contributed by atoms with van der Waals surface area (Å²) in [6, 6.07) is 33.7. The minimum Gasteiger partial charge on any atom is -0.457 e. The standard InChI is InChI=1S/C49H48N6O2/c1-29(2)33-17-19-51-43(21-33)35-9-13-39(31(5)6)47(23-35)56-37-11-15-41-42-16-12-38(26-46(42)55(45(41)25-37)49-53-27-50-28-54-49)57-48-24-36(10-14-40(48)32(7)8)44-22-34(30(3)4)18-20-52-44/h9-32H,1-8H3. The second kappa shape index (κ2) is 15.6. The maximum atomic E-state index is 6.79. The Bertz CT molecular complexity index is 2550. The van der Waals surface area contributed by atoms with Crippen molar-refractivity contribution >= 4 is 21.8 Å². The van der Waals surface area contributed by atoms with E-state index in [0.717, 1.165) is 66.9 Å². The van der Waals surface area contributed by atoms with Crippen LogP contribution in [0, 0.1) is 0 Å². The fourth-order valence-electron chi connectivity index (χ4n) is 7.37. The number of ether oxygens (including phenoxy) is 2. The van der Waals surface area contributed by atoms with Gasteiger partial charge in [0.1, 0.15) is 35.7 Å². The quantitative estimate of drug-likeness (QED) is 0.130. The molecule has 8 heteroatoms. The van der Waals surface area contributed by atoms with Crippen LogP contribution in [0.4, 0.5) is 0 Å². The van der Waals surface area contributed by atoms with Crippen molar-refractivity contribution in [3.63, 3.8) is 0 Å². The summed E-state index contributed by atoms with van der Waals surface area (Å²) in [4.78, 5) is 22.7. The second-order valence-electron chi connectivity index (χ2n) is 15.9. The molecule has 0 atom stereocenters. The molecule has 4 aromatic carbocycles. The average Bonchev–Trinajstić information content (AvgIpc) is 3.53. The first-order valence-corrected chi connectivity index (χ1v) is 19.8. The van der Waals surface area contributed by atoms with Crippen molar-refractivity contribution in [1.82, 2.24) is 29.5 Å². The van der Waals surface area contributed by atoms with Crippen molar-refractivity contribution in [3.8, 4) is 51.5 Å². The molecular formula is C49H48N6O2. The van der Waals surface area contributed by atoms with E-state index in [1.807, 2.05) is 29.1 Å². The van der Waals surface area contributed by atoms with Crippen LogP contribution in [0.2, 0.25) is 0 Å². The van der Waals surface area contributed by atoms with Crippen LogP contribution in [0.5, 0.6) is 23.0 Å². The highest BCUT2D eigenvalue weighted by atomic mass is 16.5. The van der Waals surface area contributed by atoms with Gasteiger partial charge >= 0.3 is 0 Å². The summed E-state index contributed by atoms with van der Waals surface area (Å²) >= 11 is 0. The van der Waals surface area contributed by atoms with Crippen molar-refractivity contribution in [2.24, 2.45) is 0 Å². The molecule has 8 aromatic rings. The maximum absolute atomic E-state index is 6.79. The summed E-state index contributed by atoms with van der Waals surface area (Å²) in [5.74, 6) is 4.81. The minimum atomic E-state index is 0.251. The predicted molar refractivity (Wildman–Crippen MR) is 230 cm³/mol. The Balaban J connectivity index is 1.21. The number of hydrogen-bond donors (Lipinski definition) is 0. The molecule has 0 unspecified atom stereocenters. The number of fused-ring (bicyclic) bond motifs is 3. The van der Waals surface area contributed by atoms with Gasteiger partial charge in [-0.2, -0.15) is 0 Å². The van der Waals surface area contributed by atoms with E-state index >= 15 is 0 Å². The van der Waals surface area contributed by atoms with Crippen molar-refractivity contribution in [1.29, 1.82) is 0 Å². The lowest BCUT2D eigenvalue weighted by atomic mass is 9.97. The molecule has 8 rings (SSSR count). The van der Waals surface area contributed by atoms with E-state index in [-0.39, 0.29) is 11.8 Å². The van der Waals surface area contributed by atoms with Gasteiger partial charge in [0.25, 0.3) is 0 Å². The monoisotopic (exact) mass is 752 g/mol. The largest absolute Gasteiger partial charge is 0.457 e. The summed E-state index contributed by atoms with van der Waals surface area (Å²) < 4.78 is 15.6. The lowest BCUT2D eigenvalue weighted by Gasteiger charge is -2.16. The highest BCUT2D eigenvalue weighted by Crippen LogP contribution is 2.41. The maximum Gasteiger partial charge on any atom is 0.237 e. The Labute approximate surface area is 334 Å². The molecule has 0 bridgehead atoms. The molecule has 0 amide bonds. The van der Waals surface area contributed by atoms with Crippen molar-refractivity contribution in [3.05, 3.63) is 144 Å². The molecule has 0 aliphatic carbocycles. The van der Waals surface area contributed by atoms with Gasteiger partial charge in [0, 0.05) is 46.4 Å². The SMILES string of the molecule is CC(C)c1ccnc(-c2ccc(C(C)C)c(Oc3ccc4c5ccc(Oc6cc(-c7cc(C(C)C)ccn7)ccc6C(C)C)cc5n(-c5ncncn5)c4c3)c2)c1. The van der Waals surface area contributed by atoms with Crippen molar-refractivity contribution in [2.75, 3.05) is 0 Å². The van der Waals surface area contributed by atoms with E-state index in [1.54, 1.807) is 0 Å². The van der Waals surface area contributed by atoms with Gasteiger partial charge in [0.05, 0.1) is 22.4 Å². The van der Waals surface area contributed by atoms with Gasteiger partial charge in [-0.25, -0.2) is 15.0 Å². The van der Waals surface area contributed by atoms with E-state index in [2.05, 4.69) is 155 Å². The second-order valence-corrected chi connectivity index (χ2v) is 15.9. The number of aromatic nitrogens is 6. The molecule has 4 aromatic heterocycles. The fourth-order valence-corrected chi connectivity index (χ4v) is 7.37. The highest BCUT2D eigenvalue weighted by molar-refractivity contribution is 6.09. The Morgan fingerprint density at radius 2 is 0.912 bits per heavy atom. The predicted octanol–water partition coefficient (Wildman–Crippen LogP) is 13.2. The summed E-state index contributed by atoms with van der Waals surface area (Å²) in [6.45, 7) is 17.5. The zero-order valence-electron chi connectivity index (χ0n) is 33.9. The normalized spacial score (nSPS) is 11.8. The first-order valence-electron chi connectivity index (χ1n) is 19.8. The number of benzene rings is 4. The lowest BCUT2D eigenvalue weighted by Crippen LogP contribution is -2.01. The third-order valence-electron chi connectivity index (χ3n) is 10.6. The topological polar surface area (TPSA) is 87.8 Å². The van der Waals surface area contributed by atoms with Crippen LogP contribution in [0.3, 0.4) is 0 Å². The van der Waals surface area contributed by atoms with Crippen molar-refractivity contribution in [2.45, 2.75) is 79.1 Å². The molecule has 0 spiro atoms. The lowest BCUT2D eigenvalue weighted by molar-refractivity contribution is 0.474. The zero-order chi connectivity index (χ0) is 39.8. The highest BCUT2D eigenvalue weighted by Gasteiger charge is 2.19. The van der Waals surface area contributed by atoms with Crippen LogP contribution >= 0.6 is 0 Å². The number of rotatable bonds is 11. The molecular weight excluding hydrogens is 705 g/mol. The molecule has 0 aliphatic rings. The first kappa shape index (κ1) is 37.5. The van der Waals surface area contributed by atoms with E-state index in [0.29, 0.717) is 29.3 Å². The van der Waals surface area contributed by atoms with E-state index in [1.165, 1.54) is 23.8 Å². The van der Waals surface area contributed by atoms with Crippen LogP contribution in [-0.2, 0) is 0 Å². The van der Waals surface area contributed by atoms with Gasteiger partial charge in [0.15, 0.2) is 0 Å². The summed E-state index contributed by atoms with van der Waals surface area (Å²) in [6.07, 6.45) is 6.81. The molecule has 0 saturated heterocycles. The molecule has 8 nitrogen and oxygen atoms in total. The third kappa shape index (κ3) is 7.60. The number of hydrogen-bond acceptors (Lipinski definition) is 7. The summed E-state index contributed by atoms with van der Waals surface area (Å²) in [5.41, 5.74) is 10.4. The van der Waals surface area contributed by atoms with Crippen LogP contribution in [-0.4, -0.2) is 29.5 Å². The smallest absolute Gasteiger partial charge is 0.237 e. The van der Waals surface area contributed by atoms with Gasteiger partial charge in [-0.05, 0) is 107 Å². The van der Waals surface area contributed by atoms with Gasteiger partial charge in [0.2, 0.25) is 5.95 Å². The molecule has 0 aliphatic heterocycles. The number of pyridine rings is 2.